The molecule has 0 saturated carbocycles. The maximum Gasteiger partial charge on any atom is 0.194 e. The molecule has 1 atom stereocenters. The van der Waals surface area contributed by atoms with E-state index in [-0.39, 0.29) is 30.1 Å². The van der Waals surface area contributed by atoms with Crippen molar-refractivity contribution in [2.45, 2.75) is 19.4 Å². The Morgan fingerprint density at radius 1 is 1.34 bits per heavy atom. The number of hydrogen-bond acceptors (Lipinski definition) is 4. The third kappa shape index (κ3) is 5.30. The molecule has 156 valence electrons. The lowest BCUT2D eigenvalue weighted by Crippen LogP contribution is -2.48. The van der Waals surface area contributed by atoms with Crippen molar-refractivity contribution in [3.8, 4) is 0 Å². The maximum atomic E-state index is 5.95. The van der Waals surface area contributed by atoms with Gasteiger partial charge in [-0.05, 0) is 19.1 Å². The number of aromatic nitrogens is 2. The molecule has 29 heavy (non-hydrogen) atoms. The SMILES string of the molecule is CCNC(=NCCc1cc2ccccc2o1)N1CCOC(c2cnn(C)c2)C1.I. The fourth-order valence-electron chi connectivity index (χ4n) is 3.51. The van der Waals surface area contributed by atoms with E-state index in [1.807, 2.05) is 42.3 Å². The standard InChI is InChI=1S/C21H27N5O2.HI/c1-3-22-21(23-9-8-18-12-16-6-4-5-7-19(16)28-18)26-10-11-27-20(15-26)17-13-24-25(2)14-17;/h4-7,12-14,20H,3,8-11,15H2,1-2H3,(H,22,23);1H. The number of nitrogens with zero attached hydrogens (tertiary/aromatic N) is 4. The van der Waals surface area contributed by atoms with Crippen LogP contribution in [0.3, 0.4) is 0 Å². The van der Waals surface area contributed by atoms with Crippen LogP contribution >= 0.6 is 24.0 Å². The van der Waals surface area contributed by atoms with Crippen LogP contribution in [0.5, 0.6) is 0 Å². The number of morpholine rings is 1. The van der Waals surface area contributed by atoms with E-state index in [0.717, 1.165) is 54.3 Å². The summed E-state index contributed by atoms with van der Waals surface area (Å²) in [5.41, 5.74) is 2.03. The summed E-state index contributed by atoms with van der Waals surface area (Å²) in [5, 5.41) is 8.81. The highest BCUT2D eigenvalue weighted by atomic mass is 127. The molecular weight excluding hydrogens is 481 g/mol. The van der Waals surface area contributed by atoms with Gasteiger partial charge in [0.05, 0.1) is 19.3 Å². The van der Waals surface area contributed by atoms with Crippen molar-refractivity contribution >= 4 is 40.9 Å². The molecule has 3 heterocycles. The minimum Gasteiger partial charge on any atom is -0.461 e. The summed E-state index contributed by atoms with van der Waals surface area (Å²) in [7, 11) is 1.92. The number of aryl methyl sites for hydroxylation is 1. The van der Waals surface area contributed by atoms with Gasteiger partial charge in [0.15, 0.2) is 5.96 Å². The molecule has 1 fully saturated rings. The molecule has 7 nitrogen and oxygen atoms in total. The molecular formula is C21H28IN5O2. The number of para-hydroxylation sites is 1. The fraction of sp³-hybridized carbons (Fsp3) is 0.429. The second-order valence-electron chi connectivity index (χ2n) is 6.99. The molecule has 1 aliphatic heterocycles. The molecule has 1 saturated heterocycles. The van der Waals surface area contributed by atoms with Crippen LogP contribution < -0.4 is 5.32 Å². The smallest absolute Gasteiger partial charge is 0.194 e. The topological polar surface area (TPSA) is 67.8 Å². The first-order chi connectivity index (χ1) is 13.7. The molecule has 1 aromatic carbocycles. The lowest BCUT2D eigenvalue weighted by Gasteiger charge is -2.34. The van der Waals surface area contributed by atoms with Crippen LogP contribution in [-0.2, 0) is 18.2 Å². The molecule has 1 aliphatic rings. The van der Waals surface area contributed by atoms with Crippen molar-refractivity contribution in [2.24, 2.45) is 12.0 Å². The molecule has 0 radical (unpaired) electrons. The highest BCUT2D eigenvalue weighted by molar-refractivity contribution is 14.0. The van der Waals surface area contributed by atoms with Crippen LogP contribution in [0.4, 0.5) is 0 Å². The van der Waals surface area contributed by atoms with Gasteiger partial charge in [-0.3, -0.25) is 9.67 Å². The van der Waals surface area contributed by atoms with Crippen LogP contribution in [-0.4, -0.2) is 53.4 Å². The molecule has 1 unspecified atom stereocenters. The van der Waals surface area contributed by atoms with Crippen molar-refractivity contribution in [1.82, 2.24) is 20.0 Å². The van der Waals surface area contributed by atoms with E-state index in [2.05, 4.69) is 34.4 Å². The average Bonchev–Trinajstić information content (AvgIpc) is 3.33. The first kappa shape index (κ1) is 21.6. The number of hydrogen-bond donors (Lipinski definition) is 1. The summed E-state index contributed by atoms with van der Waals surface area (Å²) in [6.07, 6.45) is 4.68. The van der Waals surface area contributed by atoms with E-state index >= 15 is 0 Å². The predicted octanol–water partition coefficient (Wildman–Crippen LogP) is 3.37. The van der Waals surface area contributed by atoms with Crippen LogP contribution in [0.15, 0.2) is 52.1 Å². The summed E-state index contributed by atoms with van der Waals surface area (Å²) in [4.78, 5) is 7.10. The van der Waals surface area contributed by atoms with Gasteiger partial charge in [-0.15, -0.1) is 24.0 Å². The number of halogens is 1. The fourth-order valence-corrected chi connectivity index (χ4v) is 3.51. The quantitative estimate of drug-likeness (QED) is 0.325. The van der Waals surface area contributed by atoms with Crippen LogP contribution in [0, 0.1) is 0 Å². The Hall–Kier alpha value is -2.07. The normalized spacial score (nSPS) is 17.4. The second kappa shape index (κ2) is 10.1. The van der Waals surface area contributed by atoms with E-state index in [9.17, 15) is 0 Å². The molecule has 0 spiro atoms. The number of fused-ring (bicyclic) bond motifs is 1. The first-order valence-electron chi connectivity index (χ1n) is 9.84. The van der Waals surface area contributed by atoms with Gasteiger partial charge in [0, 0.05) is 50.2 Å². The summed E-state index contributed by atoms with van der Waals surface area (Å²) in [5.74, 6) is 1.90. The van der Waals surface area contributed by atoms with Crippen molar-refractivity contribution in [3.63, 3.8) is 0 Å². The van der Waals surface area contributed by atoms with Crippen molar-refractivity contribution < 1.29 is 9.15 Å². The van der Waals surface area contributed by atoms with Crippen LogP contribution in [0.1, 0.15) is 24.4 Å². The third-order valence-corrected chi connectivity index (χ3v) is 4.89. The Bertz CT molecular complexity index is 918. The van der Waals surface area contributed by atoms with Crippen molar-refractivity contribution in [1.29, 1.82) is 0 Å². The largest absolute Gasteiger partial charge is 0.461 e. The summed E-state index contributed by atoms with van der Waals surface area (Å²) in [6, 6.07) is 10.2. The number of benzene rings is 1. The minimum absolute atomic E-state index is 0. The van der Waals surface area contributed by atoms with E-state index in [0.29, 0.717) is 13.2 Å². The van der Waals surface area contributed by atoms with Gasteiger partial charge in [-0.25, -0.2) is 0 Å². The van der Waals surface area contributed by atoms with Gasteiger partial charge in [-0.2, -0.15) is 5.10 Å². The Morgan fingerprint density at radius 2 is 2.21 bits per heavy atom. The monoisotopic (exact) mass is 509 g/mol. The lowest BCUT2D eigenvalue weighted by atomic mass is 10.1. The minimum atomic E-state index is 0. The Morgan fingerprint density at radius 3 is 2.97 bits per heavy atom. The number of rotatable bonds is 5. The number of furan rings is 1. The first-order valence-corrected chi connectivity index (χ1v) is 9.84. The predicted molar refractivity (Wildman–Crippen MR) is 125 cm³/mol. The van der Waals surface area contributed by atoms with Gasteiger partial charge in [0.2, 0.25) is 0 Å². The number of aliphatic imine (C=N–C) groups is 1. The highest BCUT2D eigenvalue weighted by Gasteiger charge is 2.25. The molecule has 4 rings (SSSR count). The summed E-state index contributed by atoms with van der Waals surface area (Å²) in [6.45, 7) is 5.87. The second-order valence-corrected chi connectivity index (χ2v) is 6.99. The van der Waals surface area contributed by atoms with E-state index in [4.69, 9.17) is 14.1 Å². The molecule has 2 aromatic heterocycles. The molecule has 0 amide bonds. The molecule has 8 heteroatoms. The van der Waals surface area contributed by atoms with E-state index in [1.165, 1.54) is 0 Å². The molecule has 0 aliphatic carbocycles. The summed E-state index contributed by atoms with van der Waals surface area (Å²) < 4.78 is 13.7. The number of guanidine groups is 1. The highest BCUT2D eigenvalue weighted by Crippen LogP contribution is 2.22. The Balaban J connectivity index is 0.00000240. The van der Waals surface area contributed by atoms with Gasteiger partial charge in [0.25, 0.3) is 0 Å². The van der Waals surface area contributed by atoms with Crippen LogP contribution in [0.2, 0.25) is 0 Å². The lowest BCUT2D eigenvalue weighted by molar-refractivity contribution is -0.00803. The number of nitrogens with one attached hydrogen (secondary N) is 1. The zero-order valence-corrected chi connectivity index (χ0v) is 19.2. The number of ether oxygens (including phenoxy) is 1. The average molecular weight is 509 g/mol. The molecule has 3 aromatic rings. The zero-order valence-electron chi connectivity index (χ0n) is 16.9. The van der Waals surface area contributed by atoms with Crippen molar-refractivity contribution in [3.05, 3.63) is 54.0 Å². The third-order valence-electron chi connectivity index (χ3n) is 4.89. The van der Waals surface area contributed by atoms with E-state index in [1.54, 1.807) is 0 Å². The van der Waals surface area contributed by atoms with Gasteiger partial charge >= 0.3 is 0 Å². The van der Waals surface area contributed by atoms with Gasteiger partial charge in [-0.1, -0.05) is 18.2 Å². The molecule has 1 N–H and O–H groups in total. The van der Waals surface area contributed by atoms with Gasteiger partial charge < -0.3 is 19.4 Å². The Labute approximate surface area is 188 Å². The Kier molecular flexibility index (Phi) is 7.54. The van der Waals surface area contributed by atoms with E-state index < -0.39 is 0 Å². The van der Waals surface area contributed by atoms with Crippen LogP contribution in [0.25, 0.3) is 11.0 Å². The maximum absolute atomic E-state index is 5.95. The zero-order chi connectivity index (χ0) is 19.3. The van der Waals surface area contributed by atoms with Gasteiger partial charge in [0.1, 0.15) is 17.4 Å². The van der Waals surface area contributed by atoms with Crippen molar-refractivity contribution in [2.75, 3.05) is 32.8 Å². The summed E-state index contributed by atoms with van der Waals surface area (Å²) >= 11 is 0. The molecule has 0 bridgehead atoms.